The van der Waals surface area contributed by atoms with E-state index in [1.165, 1.54) is 0 Å². The van der Waals surface area contributed by atoms with Gasteiger partial charge in [-0.2, -0.15) is 0 Å². The lowest BCUT2D eigenvalue weighted by Gasteiger charge is -2.11. The van der Waals surface area contributed by atoms with Gasteiger partial charge >= 0.3 is 0 Å². The minimum absolute atomic E-state index is 0.139. The molecule has 1 atom stereocenters. The van der Waals surface area contributed by atoms with Gasteiger partial charge in [-0.3, -0.25) is 4.79 Å². The number of hydrogen-bond donors (Lipinski definition) is 1. The molecule has 1 N–H and O–H groups in total. The number of benzene rings is 2. The maximum atomic E-state index is 11.7. The first-order valence-corrected chi connectivity index (χ1v) is 5.70. The lowest BCUT2D eigenvalue weighted by Crippen LogP contribution is -2.12. The fourth-order valence-corrected chi connectivity index (χ4v) is 1.58. The molecular weight excluding hydrogens is 228 g/mol. The zero-order chi connectivity index (χ0) is 12.8. The molecule has 0 saturated heterocycles. The summed E-state index contributed by atoms with van der Waals surface area (Å²) in [5.41, 5.74) is 1.22. The summed E-state index contributed by atoms with van der Waals surface area (Å²) >= 11 is 0. The minimum Gasteiger partial charge on any atom is -0.364 e. The van der Waals surface area contributed by atoms with E-state index in [2.05, 4.69) is 0 Å². The van der Waals surface area contributed by atoms with E-state index in [1.54, 1.807) is 48.5 Å². The van der Waals surface area contributed by atoms with Crippen LogP contribution in [-0.2, 0) is 4.74 Å². The number of ketones is 1. The summed E-state index contributed by atoms with van der Waals surface area (Å²) in [6.07, 6.45) is -1.07. The molecule has 0 heterocycles. The highest BCUT2D eigenvalue weighted by molar-refractivity contribution is 5.96. The van der Waals surface area contributed by atoms with E-state index < -0.39 is 6.29 Å². The number of carbonyl (C=O) groups is 1. The molecule has 0 aliphatic carbocycles. The maximum absolute atomic E-state index is 11.7. The van der Waals surface area contributed by atoms with E-state index in [9.17, 15) is 9.90 Å². The van der Waals surface area contributed by atoms with Crippen LogP contribution in [0, 0.1) is 0 Å². The van der Waals surface area contributed by atoms with Crippen molar-refractivity contribution in [3.05, 3.63) is 71.8 Å². The van der Waals surface area contributed by atoms with Gasteiger partial charge in [0, 0.05) is 11.1 Å². The molecule has 18 heavy (non-hydrogen) atoms. The Morgan fingerprint density at radius 1 is 1.00 bits per heavy atom. The van der Waals surface area contributed by atoms with Crippen molar-refractivity contribution < 1.29 is 14.6 Å². The van der Waals surface area contributed by atoms with Crippen LogP contribution in [0.3, 0.4) is 0 Å². The Hall–Kier alpha value is -1.97. The van der Waals surface area contributed by atoms with Gasteiger partial charge in [-0.05, 0) is 0 Å². The van der Waals surface area contributed by atoms with Crippen LogP contribution in [0.25, 0.3) is 0 Å². The third kappa shape index (κ3) is 3.26. The number of Topliss-reactive ketones (excluding diaryl/α,β-unsaturated/α-hetero) is 1. The SMILES string of the molecule is O=C(COC(O)c1ccccc1)c1ccccc1. The molecule has 0 amide bonds. The van der Waals surface area contributed by atoms with E-state index in [0.29, 0.717) is 11.1 Å². The first-order valence-electron chi connectivity index (χ1n) is 5.70. The van der Waals surface area contributed by atoms with Crippen molar-refractivity contribution in [2.75, 3.05) is 6.61 Å². The lowest BCUT2D eigenvalue weighted by molar-refractivity contribution is -0.0936. The first kappa shape index (κ1) is 12.5. The van der Waals surface area contributed by atoms with Gasteiger partial charge < -0.3 is 9.84 Å². The summed E-state index contributed by atoms with van der Waals surface area (Å²) in [6.45, 7) is -0.139. The molecule has 0 aliphatic rings. The molecule has 0 aliphatic heterocycles. The topological polar surface area (TPSA) is 46.5 Å². The van der Waals surface area contributed by atoms with E-state index in [4.69, 9.17) is 4.74 Å². The normalized spacial score (nSPS) is 12.1. The van der Waals surface area contributed by atoms with Gasteiger partial charge in [0.2, 0.25) is 0 Å². The molecule has 0 spiro atoms. The predicted molar refractivity (Wildman–Crippen MR) is 68.1 cm³/mol. The number of rotatable bonds is 5. The van der Waals surface area contributed by atoms with E-state index in [-0.39, 0.29) is 12.4 Å². The van der Waals surface area contributed by atoms with Crippen LogP contribution in [0.4, 0.5) is 0 Å². The number of aliphatic hydroxyl groups is 1. The van der Waals surface area contributed by atoms with Gasteiger partial charge in [0.05, 0.1) is 0 Å². The van der Waals surface area contributed by atoms with Crippen molar-refractivity contribution in [3.8, 4) is 0 Å². The molecule has 3 nitrogen and oxygen atoms in total. The highest BCUT2D eigenvalue weighted by atomic mass is 16.6. The third-order valence-electron chi connectivity index (χ3n) is 2.55. The average molecular weight is 242 g/mol. The van der Waals surface area contributed by atoms with E-state index in [0.717, 1.165) is 0 Å². The monoisotopic (exact) mass is 242 g/mol. The second-order valence-corrected chi connectivity index (χ2v) is 3.86. The van der Waals surface area contributed by atoms with Crippen LogP contribution in [0.5, 0.6) is 0 Å². The number of ether oxygens (including phenoxy) is 1. The molecule has 0 fully saturated rings. The summed E-state index contributed by atoms with van der Waals surface area (Å²) in [7, 11) is 0. The van der Waals surface area contributed by atoms with Gasteiger partial charge in [-0.1, -0.05) is 60.7 Å². The Bertz CT molecular complexity index is 494. The summed E-state index contributed by atoms with van der Waals surface area (Å²) in [6, 6.07) is 17.8. The molecule has 1 unspecified atom stereocenters. The summed E-state index contributed by atoms with van der Waals surface area (Å²) in [5.74, 6) is -0.148. The van der Waals surface area contributed by atoms with E-state index >= 15 is 0 Å². The molecular formula is C15H14O3. The minimum atomic E-state index is -1.07. The largest absolute Gasteiger partial charge is 0.364 e. The van der Waals surface area contributed by atoms with Crippen molar-refractivity contribution in [1.29, 1.82) is 0 Å². The van der Waals surface area contributed by atoms with Gasteiger partial charge in [-0.15, -0.1) is 0 Å². The molecule has 0 saturated carbocycles. The second-order valence-electron chi connectivity index (χ2n) is 3.86. The summed E-state index contributed by atoms with van der Waals surface area (Å²) in [4.78, 5) is 11.7. The standard InChI is InChI=1S/C15H14O3/c16-14(12-7-3-1-4-8-12)11-18-15(17)13-9-5-2-6-10-13/h1-10,15,17H,11H2. The van der Waals surface area contributed by atoms with E-state index in [1.807, 2.05) is 12.1 Å². The smallest absolute Gasteiger partial charge is 0.188 e. The maximum Gasteiger partial charge on any atom is 0.188 e. The van der Waals surface area contributed by atoms with Crippen molar-refractivity contribution in [2.24, 2.45) is 0 Å². The zero-order valence-electron chi connectivity index (χ0n) is 9.82. The quantitative estimate of drug-likeness (QED) is 0.647. The number of aliphatic hydroxyl groups excluding tert-OH is 1. The summed E-state index contributed by atoms with van der Waals surface area (Å²) < 4.78 is 5.15. The van der Waals surface area contributed by atoms with Crippen LogP contribution in [-0.4, -0.2) is 17.5 Å². The van der Waals surface area contributed by atoms with Crippen LogP contribution in [0.15, 0.2) is 60.7 Å². The fraction of sp³-hybridized carbons (Fsp3) is 0.133. The van der Waals surface area contributed by atoms with Crippen molar-refractivity contribution in [2.45, 2.75) is 6.29 Å². The Balaban J connectivity index is 1.91. The molecule has 0 aromatic heterocycles. The molecule has 92 valence electrons. The second kappa shape index (κ2) is 6.10. The Kier molecular flexibility index (Phi) is 4.23. The van der Waals surface area contributed by atoms with Gasteiger partial charge in [0.15, 0.2) is 12.1 Å². The highest BCUT2D eigenvalue weighted by Crippen LogP contribution is 2.13. The highest BCUT2D eigenvalue weighted by Gasteiger charge is 2.11. The molecule has 2 rings (SSSR count). The zero-order valence-corrected chi connectivity index (χ0v) is 9.82. The first-order chi connectivity index (χ1) is 8.77. The van der Waals surface area contributed by atoms with Crippen LogP contribution in [0.2, 0.25) is 0 Å². The van der Waals surface area contributed by atoms with Crippen molar-refractivity contribution in [3.63, 3.8) is 0 Å². The number of carbonyl (C=O) groups excluding carboxylic acids is 1. The molecule has 0 radical (unpaired) electrons. The van der Waals surface area contributed by atoms with Crippen LogP contribution >= 0.6 is 0 Å². The van der Waals surface area contributed by atoms with Gasteiger partial charge in [-0.25, -0.2) is 0 Å². The van der Waals surface area contributed by atoms with Gasteiger partial charge in [0.1, 0.15) is 6.61 Å². The molecule has 3 heteroatoms. The summed E-state index contributed by atoms with van der Waals surface area (Å²) in [5, 5.41) is 9.74. The Morgan fingerprint density at radius 3 is 2.17 bits per heavy atom. The van der Waals surface area contributed by atoms with Gasteiger partial charge in [0.25, 0.3) is 0 Å². The van der Waals surface area contributed by atoms with Crippen LogP contribution < -0.4 is 0 Å². The predicted octanol–water partition coefficient (Wildman–Crippen LogP) is 2.58. The number of hydrogen-bond acceptors (Lipinski definition) is 3. The van der Waals surface area contributed by atoms with Crippen LogP contribution in [0.1, 0.15) is 22.2 Å². The third-order valence-corrected chi connectivity index (χ3v) is 2.55. The Labute approximate surface area is 106 Å². The average Bonchev–Trinajstić information content (AvgIpc) is 2.46. The lowest BCUT2D eigenvalue weighted by atomic mass is 10.1. The fourth-order valence-electron chi connectivity index (χ4n) is 1.58. The molecule has 2 aromatic carbocycles. The Morgan fingerprint density at radius 2 is 1.56 bits per heavy atom. The molecule has 2 aromatic rings. The molecule has 0 bridgehead atoms. The van der Waals surface area contributed by atoms with Crippen molar-refractivity contribution >= 4 is 5.78 Å². The van der Waals surface area contributed by atoms with Crippen molar-refractivity contribution in [1.82, 2.24) is 0 Å².